The molecule has 0 N–H and O–H groups in total. The number of allylic oxidation sites excluding steroid dienone is 5. The van der Waals surface area contributed by atoms with Crippen molar-refractivity contribution in [2.24, 2.45) is 17.3 Å². The fourth-order valence-electron chi connectivity index (χ4n) is 8.54. The number of halogens is 2. The van der Waals surface area contributed by atoms with E-state index < -0.39 is 11.7 Å². The molecule has 1 aromatic carbocycles. The van der Waals surface area contributed by atoms with E-state index in [1.807, 2.05) is 13.0 Å². The summed E-state index contributed by atoms with van der Waals surface area (Å²) in [5.41, 5.74) is 6.56. The van der Waals surface area contributed by atoms with Crippen LogP contribution in [0.25, 0.3) is 5.57 Å². The number of ketones is 1. The number of carbonyl (C=O) groups is 1. The molecule has 0 amide bonds. The van der Waals surface area contributed by atoms with E-state index in [9.17, 15) is 13.6 Å². The maximum atomic E-state index is 14.2. The van der Waals surface area contributed by atoms with E-state index in [4.69, 9.17) is 4.74 Å². The summed E-state index contributed by atoms with van der Waals surface area (Å²) in [5.74, 6) is 1.06. The number of hydrogen-bond donors (Lipinski definition) is 0. The lowest BCUT2D eigenvalue weighted by molar-refractivity contribution is -0.114. The summed E-state index contributed by atoms with van der Waals surface area (Å²) in [7, 11) is 0. The molecule has 5 atom stereocenters. The van der Waals surface area contributed by atoms with Gasteiger partial charge >= 0.3 is 0 Å². The standard InChI is InChI=1S/C31H34F2O2/c1-18(2)19-4-6-20(7-5-19)25-17-30(3)26(12-14-31(30)27(29(32)33)13-15-35-31)24-10-8-21-16-22(34)9-11-23(21)28(24)25/h4-7,16,24-26H,1,8-15,17H2,2-3H3/t24?,25-,26?,30+,31?/m1/s1. The molecule has 35 heavy (non-hydrogen) atoms. The lowest BCUT2D eigenvalue weighted by Gasteiger charge is -2.55. The highest BCUT2D eigenvalue weighted by atomic mass is 19.3. The largest absolute Gasteiger partial charge is 0.370 e. The lowest BCUT2D eigenvalue weighted by Crippen LogP contribution is -2.52. The zero-order chi connectivity index (χ0) is 24.5. The van der Waals surface area contributed by atoms with Crippen molar-refractivity contribution in [3.05, 3.63) is 76.4 Å². The Balaban J connectivity index is 1.53. The first-order chi connectivity index (χ1) is 16.7. The van der Waals surface area contributed by atoms with Crippen LogP contribution in [-0.2, 0) is 9.53 Å². The predicted molar refractivity (Wildman–Crippen MR) is 134 cm³/mol. The third-order valence-electron chi connectivity index (χ3n) is 10.1. The molecule has 1 aliphatic heterocycles. The van der Waals surface area contributed by atoms with Crippen molar-refractivity contribution in [1.29, 1.82) is 0 Å². The van der Waals surface area contributed by atoms with E-state index in [1.54, 1.807) is 0 Å². The normalized spacial score (nSPS) is 36.1. The summed E-state index contributed by atoms with van der Waals surface area (Å²) in [6, 6.07) is 8.69. The second-order valence-electron chi connectivity index (χ2n) is 11.6. The second-order valence-corrected chi connectivity index (χ2v) is 11.6. The van der Waals surface area contributed by atoms with Crippen molar-refractivity contribution in [3.8, 4) is 0 Å². The molecule has 1 spiro atoms. The molecule has 4 aliphatic carbocycles. The van der Waals surface area contributed by atoms with E-state index in [-0.39, 0.29) is 22.7 Å². The van der Waals surface area contributed by atoms with Crippen LogP contribution in [-0.4, -0.2) is 18.0 Å². The summed E-state index contributed by atoms with van der Waals surface area (Å²) in [4.78, 5) is 12.2. The second kappa shape index (κ2) is 8.09. The zero-order valence-corrected chi connectivity index (χ0v) is 20.8. The quantitative estimate of drug-likeness (QED) is 0.433. The Morgan fingerprint density at radius 1 is 1.09 bits per heavy atom. The van der Waals surface area contributed by atoms with Crippen LogP contribution in [0, 0.1) is 17.3 Å². The van der Waals surface area contributed by atoms with Crippen LogP contribution in [0.2, 0.25) is 0 Å². The van der Waals surface area contributed by atoms with E-state index in [2.05, 4.69) is 37.8 Å². The molecular formula is C31H34F2O2. The molecule has 5 aliphatic rings. The van der Waals surface area contributed by atoms with E-state index >= 15 is 0 Å². The van der Waals surface area contributed by atoms with Gasteiger partial charge in [0.1, 0.15) is 5.60 Å². The summed E-state index contributed by atoms with van der Waals surface area (Å²) in [5, 5.41) is 0. The third-order valence-corrected chi connectivity index (χ3v) is 10.1. The molecule has 1 heterocycles. The minimum atomic E-state index is -1.53. The van der Waals surface area contributed by atoms with Gasteiger partial charge in [0.05, 0.1) is 6.61 Å². The molecule has 2 nitrogen and oxygen atoms in total. The molecule has 6 rings (SSSR count). The van der Waals surface area contributed by atoms with Gasteiger partial charge in [0.2, 0.25) is 0 Å². The SMILES string of the molecule is C=C(C)c1ccc([C@H]2C[C@@]3(C)C(CCC34OCCC4=C(F)F)C3CCC4=CC(=O)CCC4=C32)cc1. The molecule has 0 radical (unpaired) electrons. The van der Waals surface area contributed by atoms with Gasteiger partial charge in [-0.25, -0.2) is 0 Å². The molecule has 1 aromatic rings. The Kier molecular flexibility index (Phi) is 5.34. The average Bonchev–Trinajstić information content (AvgIpc) is 3.40. The molecule has 0 aromatic heterocycles. The Hall–Kier alpha value is -2.33. The third kappa shape index (κ3) is 3.25. The van der Waals surface area contributed by atoms with Crippen LogP contribution in [0.3, 0.4) is 0 Å². The first kappa shape index (κ1) is 23.1. The van der Waals surface area contributed by atoms with Gasteiger partial charge in [-0.05, 0) is 85.6 Å². The van der Waals surface area contributed by atoms with E-state index in [0.717, 1.165) is 43.2 Å². The number of rotatable bonds is 2. The van der Waals surface area contributed by atoms with Gasteiger partial charge in [-0.1, -0.05) is 48.9 Å². The van der Waals surface area contributed by atoms with Crippen LogP contribution >= 0.6 is 0 Å². The highest BCUT2D eigenvalue weighted by Crippen LogP contribution is 2.70. The van der Waals surface area contributed by atoms with Crippen molar-refractivity contribution >= 4 is 11.4 Å². The number of benzene rings is 1. The van der Waals surface area contributed by atoms with Gasteiger partial charge < -0.3 is 4.74 Å². The highest BCUT2D eigenvalue weighted by Gasteiger charge is 2.67. The summed E-state index contributed by atoms with van der Waals surface area (Å²) < 4.78 is 34.8. The predicted octanol–water partition coefficient (Wildman–Crippen LogP) is 7.93. The molecule has 0 bridgehead atoms. The van der Waals surface area contributed by atoms with Crippen molar-refractivity contribution in [2.75, 3.05) is 6.61 Å². The zero-order valence-electron chi connectivity index (χ0n) is 20.8. The fourth-order valence-corrected chi connectivity index (χ4v) is 8.54. The monoisotopic (exact) mass is 476 g/mol. The topological polar surface area (TPSA) is 26.3 Å². The van der Waals surface area contributed by atoms with Gasteiger partial charge in [0, 0.05) is 29.7 Å². The Morgan fingerprint density at radius 3 is 2.57 bits per heavy atom. The number of ether oxygens (including phenoxy) is 1. The van der Waals surface area contributed by atoms with Gasteiger partial charge in [0.25, 0.3) is 6.08 Å². The van der Waals surface area contributed by atoms with Crippen LogP contribution in [0.1, 0.15) is 82.3 Å². The van der Waals surface area contributed by atoms with Gasteiger partial charge in [0.15, 0.2) is 5.78 Å². The maximum Gasteiger partial charge on any atom is 0.272 e. The molecule has 184 valence electrons. The number of fused-ring (bicyclic) bond motifs is 5. The highest BCUT2D eigenvalue weighted by molar-refractivity contribution is 5.93. The van der Waals surface area contributed by atoms with E-state index in [1.165, 1.54) is 22.3 Å². The maximum absolute atomic E-state index is 14.2. The van der Waals surface area contributed by atoms with Crippen molar-refractivity contribution < 1.29 is 18.3 Å². The lowest BCUT2D eigenvalue weighted by atomic mass is 9.50. The van der Waals surface area contributed by atoms with Crippen LogP contribution in [0.4, 0.5) is 8.78 Å². The molecule has 1 saturated heterocycles. The Bertz CT molecular complexity index is 1200. The van der Waals surface area contributed by atoms with Gasteiger partial charge in [-0.2, -0.15) is 8.78 Å². The fraction of sp³-hybridized carbons (Fsp3) is 0.516. The van der Waals surface area contributed by atoms with Gasteiger partial charge in [-0.3, -0.25) is 4.79 Å². The van der Waals surface area contributed by atoms with Crippen molar-refractivity contribution in [2.45, 2.75) is 76.7 Å². The first-order valence-corrected chi connectivity index (χ1v) is 13.2. The molecule has 3 unspecified atom stereocenters. The molecule has 2 saturated carbocycles. The first-order valence-electron chi connectivity index (χ1n) is 13.2. The minimum Gasteiger partial charge on any atom is -0.370 e. The molecule has 3 fully saturated rings. The van der Waals surface area contributed by atoms with Crippen molar-refractivity contribution in [3.63, 3.8) is 0 Å². The van der Waals surface area contributed by atoms with Gasteiger partial charge in [-0.15, -0.1) is 0 Å². The molecule has 4 heteroatoms. The summed E-state index contributed by atoms with van der Waals surface area (Å²) in [6.07, 6.45) is 6.40. The summed E-state index contributed by atoms with van der Waals surface area (Å²) in [6.45, 7) is 8.72. The van der Waals surface area contributed by atoms with E-state index in [0.29, 0.717) is 37.7 Å². The summed E-state index contributed by atoms with van der Waals surface area (Å²) >= 11 is 0. The number of carbonyl (C=O) groups excluding carboxylic acids is 1. The minimum absolute atomic E-state index is 0.149. The number of hydrogen-bond acceptors (Lipinski definition) is 2. The Labute approximate surface area is 206 Å². The van der Waals surface area contributed by atoms with Crippen LogP contribution in [0.5, 0.6) is 0 Å². The molecular weight excluding hydrogens is 442 g/mol. The smallest absolute Gasteiger partial charge is 0.272 e. The average molecular weight is 477 g/mol. The van der Waals surface area contributed by atoms with Crippen molar-refractivity contribution in [1.82, 2.24) is 0 Å². The van der Waals surface area contributed by atoms with Crippen LogP contribution < -0.4 is 0 Å². The Morgan fingerprint density at radius 2 is 1.86 bits per heavy atom. The van der Waals surface area contributed by atoms with Crippen LogP contribution in [0.15, 0.2) is 65.3 Å².